The van der Waals surface area contributed by atoms with Gasteiger partial charge in [-0.05, 0) is 20.9 Å². The average Bonchev–Trinajstić information content (AvgIpc) is 2.76. The van der Waals surface area contributed by atoms with Crippen LogP contribution in [0.4, 0.5) is 0 Å². The molecule has 1 aromatic heterocycles. The minimum Gasteiger partial charge on any atom is -0.344 e. The number of likely N-dealkylation sites (N-methyl/N-ethyl adjacent to an activating group) is 1. The Kier molecular flexibility index (Phi) is 7.16. The van der Waals surface area contributed by atoms with Gasteiger partial charge in [0, 0.05) is 17.9 Å². The van der Waals surface area contributed by atoms with Gasteiger partial charge in [-0.25, -0.2) is 0 Å². The molecule has 0 fully saturated rings. The predicted octanol–water partition coefficient (Wildman–Crippen LogP) is 1.87. The molecule has 20 heavy (non-hydrogen) atoms. The van der Waals surface area contributed by atoms with E-state index < -0.39 is 5.41 Å². The zero-order valence-corrected chi connectivity index (χ0v) is 13.8. The van der Waals surface area contributed by atoms with Gasteiger partial charge in [-0.2, -0.15) is 4.98 Å². The monoisotopic (exact) mass is 304 g/mol. The molecule has 2 N–H and O–H groups in total. The maximum atomic E-state index is 11.9. The Labute approximate surface area is 126 Å². The van der Waals surface area contributed by atoms with Crippen molar-refractivity contribution < 1.29 is 9.32 Å². The molecule has 116 valence electrons. The SMILES string of the molecule is CNC(C)Cc1noc(C(C)NC(=O)C(C)(C)C)n1.Cl. The van der Waals surface area contributed by atoms with Crippen LogP contribution in [0.25, 0.3) is 0 Å². The number of hydrogen-bond donors (Lipinski definition) is 2. The van der Waals surface area contributed by atoms with Crippen LogP contribution in [-0.4, -0.2) is 29.1 Å². The second-order valence-corrected chi connectivity index (χ2v) is 5.89. The van der Waals surface area contributed by atoms with Crippen LogP contribution in [0.3, 0.4) is 0 Å². The maximum absolute atomic E-state index is 11.9. The van der Waals surface area contributed by atoms with Crippen molar-refractivity contribution in [2.75, 3.05) is 7.05 Å². The molecule has 0 aromatic carbocycles. The summed E-state index contributed by atoms with van der Waals surface area (Å²) in [6.07, 6.45) is 0.694. The second kappa shape index (κ2) is 7.59. The zero-order chi connectivity index (χ0) is 14.6. The lowest BCUT2D eigenvalue weighted by Crippen LogP contribution is -2.36. The van der Waals surface area contributed by atoms with Crippen LogP contribution >= 0.6 is 12.4 Å². The highest BCUT2D eigenvalue weighted by Gasteiger charge is 2.25. The van der Waals surface area contributed by atoms with E-state index in [9.17, 15) is 4.79 Å². The van der Waals surface area contributed by atoms with Gasteiger partial charge in [0.15, 0.2) is 5.82 Å². The lowest BCUT2D eigenvalue weighted by Gasteiger charge is -2.19. The van der Waals surface area contributed by atoms with Gasteiger partial charge < -0.3 is 15.2 Å². The highest BCUT2D eigenvalue weighted by Crippen LogP contribution is 2.17. The van der Waals surface area contributed by atoms with E-state index in [0.717, 1.165) is 0 Å². The molecular weight excluding hydrogens is 280 g/mol. The molecule has 0 aliphatic carbocycles. The number of amides is 1. The van der Waals surface area contributed by atoms with E-state index in [4.69, 9.17) is 4.52 Å². The minimum atomic E-state index is -0.433. The van der Waals surface area contributed by atoms with E-state index >= 15 is 0 Å². The Bertz CT molecular complexity index is 428. The molecule has 0 aliphatic rings. The number of carbonyl (C=O) groups excluding carboxylic acids is 1. The van der Waals surface area contributed by atoms with Crippen molar-refractivity contribution >= 4 is 18.3 Å². The summed E-state index contributed by atoms with van der Waals surface area (Å²) in [6.45, 7) is 9.47. The Morgan fingerprint density at radius 2 is 1.95 bits per heavy atom. The van der Waals surface area contributed by atoms with E-state index in [-0.39, 0.29) is 30.4 Å². The first-order valence-corrected chi connectivity index (χ1v) is 6.54. The lowest BCUT2D eigenvalue weighted by molar-refractivity contribution is -0.129. The molecule has 1 amide bonds. The Morgan fingerprint density at radius 3 is 2.45 bits per heavy atom. The summed E-state index contributed by atoms with van der Waals surface area (Å²) in [5.41, 5.74) is -0.433. The molecule has 0 radical (unpaired) electrons. The summed E-state index contributed by atoms with van der Waals surface area (Å²) in [5.74, 6) is 1.05. The summed E-state index contributed by atoms with van der Waals surface area (Å²) in [5, 5.41) is 9.90. The highest BCUT2D eigenvalue weighted by molar-refractivity contribution is 5.85. The molecule has 6 nitrogen and oxygen atoms in total. The van der Waals surface area contributed by atoms with Crippen molar-refractivity contribution in [3.8, 4) is 0 Å². The number of hydrogen-bond acceptors (Lipinski definition) is 5. The number of aromatic nitrogens is 2. The van der Waals surface area contributed by atoms with Crippen LogP contribution in [-0.2, 0) is 11.2 Å². The third kappa shape index (κ3) is 5.46. The third-order valence-corrected chi connectivity index (χ3v) is 2.86. The fourth-order valence-corrected chi connectivity index (χ4v) is 1.38. The normalized spacial score (nSPS) is 14.3. The van der Waals surface area contributed by atoms with Gasteiger partial charge in [0.1, 0.15) is 6.04 Å². The molecule has 1 rings (SSSR count). The minimum absolute atomic E-state index is 0. The molecule has 0 spiro atoms. The lowest BCUT2D eigenvalue weighted by atomic mass is 9.95. The summed E-state index contributed by atoms with van der Waals surface area (Å²) in [6, 6.07) is 0.00258. The van der Waals surface area contributed by atoms with Gasteiger partial charge >= 0.3 is 0 Å². The van der Waals surface area contributed by atoms with Gasteiger partial charge in [0.25, 0.3) is 0 Å². The molecule has 1 aromatic rings. The van der Waals surface area contributed by atoms with Crippen molar-refractivity contribution in [2.24, 2.45) is 5.41 Å². The fourth-order valence-electron chi connectivity index (χ4n) is 1.38. The Hall–Kier alpha value is -1.14. The number of carbonyl (C=O) groups is 1. The topological polar surface area (TPSA) is 80.0 Å². The standard InChI is InChI=1S/C13H24N4O2.ClH/c1-8(14-6)7-10-16-11(19-17-10)9(2)15-12(18)13(3,4)5;/h8-9,14H,7H2,1-6H3,(H,15,18);1H. The van der Waals surface area contributed by atoms with Gasteiger partial charge in [-0.3, -0.25) is 4.79 Å². The number of rotatable bonds is 5. The Balaban J connectivity index is 0.00000361. The fraction of sp³-hybridized carbons (Fsp3) is 0.769. The summed E-state index contributed by atoms with van der Waals surface area (Å²) < 4.78 is 5.18. The number of nitrogens with zero attached hydrogens (tertiary/aromatic N) is 2. The van der Waals surface area contributed by atoms with Crippen molar-refractivity contribution in [3.05, 3.63) is 11.7 Å². The summed E-state index contributed by atoms with van der Waals surface area (Å²) >= 11 is 0. The second-order valence-electron chi connectivity index (χ2n) is 5.89. The van der Waals surface area contributed by atoms with E-state index in [1.165, 1.54) is 0 Å². The summed E-state index contributed by atoms with van der Waals surface area (Å²) in [7, 11) is 1.89. The van der Waals surface area contributed by atoms with E-state index in [1.807, 2.05) is 41.7 Å². The molecule has 7 heteroatoms. The first-order valence-electron chi connectivity index (χ1n) is 6.54. The van der Waals surface area contributed by atoms with Crippen molar-refractivity contribution in [3.63, 3.8) is 0 Å². The van der Waals surface area contributed by atoms with Crippen LogP contribution in [0.2, 0.25) is 0 Å². The third-order valence-electron chi connectivity index (χ3n) is 2.86. The van der Waals surface area contributed by atoms with Crippen LogP contribution in [0, 0.1) is 5.41 Å². The van der Waals surface area contributed by atoms with E-state index in [0.29, 0.717) is 18.1 Å². The van der Waals surface area contributed by atoms with Gasteiger partial charge in [-0.1, -0.05) is 25.9 Å². The maximum Gasteiger partial charge on any atom is 0.248 e. The van der Waals surface area contributed by atoms with Gasteiger partial charge in [0.2, 0.25) is 11.8 Å². The smallest absolute Gasteiger partial charge is 0.248 e. The average molecular weight is 305 g/mol. The van der Waals surface area contributed by atoms with Crippen LogP contribution in [0.1, 0.15) is 52.4 Å². The number of halogens is 1. The van der Waals surface area contributed by atoms with Crippen molar-refractivity contribution in [2.45, 2.75) is 53.1 Å². The highest BCUT2D eigenvalue weighted by atomic mass is 35.5. The molecule has 0 saturated carbocycles. The molecule has 1 heterocycles. The van der Waals surface area contributed by atoms with Crippen LogP contribution in [0.15, 0.2) is 4.52 Å². The largest absolute Gasteiger partial charge is 0.344 e. The predicted molar refractivity (Wildman–Crippen MR) is 79.8 cm³/mol. The molecule has 2 atom stereocenters. The first kappa shape index (κ1) is 18.9. The molecule has 0 bridgehead atoms. The quantitative estimate of drug-likeness (QED) is 0.868. The molecule has 0 aliphatic heterocycles. The van der Waals surface area contributed by atoms with Crippen LogP contribution < -0.4 is 10.6 Å². The van der Waals surface area contributed by atoms with Crippen LogP contribution in [0.5, 0.6) is 0 Å². The molecule has 2 unspecified atom stereocenters. The Morgan fingerprint density at radius 1 is 1.35 bits per heavy atom. The van der Waals surface area contributed by atoms with Crippen molar-refractivity contribution in [1.29, 1.82) is 0 Å². The molecule has 0 saturated heterocycles. The van der Waals surface area contributed by atoms with Gasteiger partial charge in [-0.15, -0.1) is 12.4 Å². The first-order chi connectivity index (χ1) is 8.74. The van der Waals surface area contributed by atoms with Gasteiger partial charge in [0.05, 0.1) is 0 Å². The number of nitrogens with one attached hydrogen (secondary N) is 2. The van der Waals surface area contributed by atoms with E-state index in [2.05, 4.69) is 20.8 Å². The summed E-state index contributed by atoms with van der Waals surface area (Å²) in [4.78, 5) is 16.2. The van der Waals surface area contributed by atoms with E-state index in [1.54, 1.807) is 0 Å². The van der Waals surface area contributed by atoms with Crippen molar-refractivity contribution in [1.82, 2.24) is 20.8 Å². The molecular formula is C13H25ClN4O2. The zero-order valence-electron chi connectivity index (χ0n) is 13.0.